The minimum absolute atomic E-state index is 0.105. The van der Waals surface area contributed by atoms with Crippen molar-refractivity contribution in [3.63, 3.8) is 0 Å². The Morgan fingerprint density at radius 2 is 1.94 bits per heavy atom. The van der Waals surface area contributed by atoms with E-state index in [1.54, 1.807) is 6.07 Å². The average molecular weight is 485 g/mol. The number of carbonyl (C=O) groups is 1. The first kappa shape index (κ1) is 22.2. The van der Waals surface area contributed by atoms with Gasteiger partial charge < -0.3 is 15.4 Å². The van der Waals surface area contributed by atoms with Crippen LogP contribution in [0.3, 0.4) is 0 Å². The molecule has 0 amide bonds. The third-order valence-electron chi connectivity index (χ3n) is 7.18. The van der Waals surface area contributed by atoms with Crippen molar-refractivity contribution < 1.29 is 14.3 Å². The maximum Gasteiger partial charge on any atom is 0.306 e. The molecule has 0 aliphatic heterocycles. The predicted octanol–water partition coefficient (Wildman–Crippen LogP) is 5.48. The van der Waals surface area contributed by atoms with Gasteiger partial charge in [0, 0.05) is 23.9 Å². The molecule has 0 unspecified atom stereocenters. The van der Waals surface area contributed by atoms with Crippen LogP contribution in [0.25, 0.3) is 38.9 Å². The molecule has 0 saturated heterocycles. The largest absolute Gasteiger partial charge is 0.481 e. The summed E-state index contributed by atoms with van der Waals surface area (Å²) in [5.41, 5.74) is 4.87. The number of carboxylic acids is 1. The normalized spacial score (nSPS) is 18.1. The number of aliphatic carboxylic acids is 1. The van der Waals surface area contributed by atoms with E-state index in [4.69, 9.17) is 4.98 Å². The number of nitrogens with one attached hydrogen (secondary N) is 2. The fraction of sp³-hybridized carbons (Fsp3) is 0.259. The molecule has 0 bridgehead atoms. The summed E-state index contributed by atoms with van der Waals surface area (Å²) in [5, 5.41) is 18.1. The van der Waals surface area contributed by atoms with Crippen molar-refractivity contribution in [2.24, 2.45) is 5.92 Å². The molecule has 1 saturated carbocycles. The number of halogens is 1. The van der Waals surface area contributed by atoms with Crippen LogP contribution in [-0.4, -0.2) is 42.7 Å². The number of nitrogens with zero attached hydrogens (tertiary/aromatic N) is 4. The number of carboxylic acid groups (broad SMARTS) is 1. The molecular formula is C27H25FN6O2. The van der Waals surface area contributed by atoms with Crippen LogP contribution in [0.1, 0.15) is 37.4 Å². The van der Waals surface area contributed by atoms with Crippen LogP contribution in [-0.2, 0) is 4.79 Å². The van der Waals surface area contributed by atoms with E-state index in [2.05, 4.69) is 20.4 Å². The molecule has 1 fully saturated rings. The van der Waals surface area contributed by atoms with Crippen molar-refractivity contribution in [3.05, 3.63) is 66.5 Å². The first-order chi connectivity index (χ1) is 17.5. The molecular weight excluding hydrogens is 459 g/mol. The number of fused-ring (bicyclic) bond motifs is 2. The number of hydrogen-bond acceptors (Lipinski definition) is 5. The van der Waals surface area contributed by atoms with Gasteiger partial charge in [0.1, 0.15) is 29.2 Å². The minimum Gasteiger partial charge on any atom is -0.481 e. The molecule has 5 aromatic rings. The van der Waals surface area contributed by atoms with E-state index in [1.807, 2.05) is 41.9 Å². The van der Waals surface area contributed by atoms with Crippen LogP contribution < -0.4 is 5.32 Å². The second-order valence-electron chi connectivity index (χ2n) is 9.29. The number of anilines is 1. The molecule has 0 atom stereocenters. The van der Waals surface area contributed by atoms with Gasteiger partial charge in [-0.1, -0.05) is 30.3 Å². The summed E-state index contributed by atoms with van der Waals surface area (Å²) in [4.78, 5) is 24.4. The summed E-state index contributed by atoms with van der Waals surface area (Å²) in [6, 6.07) is 14.5. The minimum atomic E-state index is -0.728. The number of benzene rings is 2. The Bertz CT molecular complexity index is 1600. The molecule has 9 heteroatoms. The van der Waals surface area contributed by atoms with Gasteiger partial charge in [-0.25, -0.2) is 18.9 Å². The number of imidazole rings is 1. The van der Waals surface area contributed by atoms with E-state index < -0.39 is 5.97 Å². The summed E-state index contributed by atoms with van der Waals surface area (Å²) in [7, 11) is 1.81. The summed E-state index contributed by atoms with van der Waals surface area (Å²) in [5.74, 6) is 0.260. The van der Waals surface area contributed by atoms with Crippen LogP contribution in [0, 0.1) is 11.7 Å². The number of aromatic amines is 1. The molecule has 3 aromatic heterocycles. The van der Waals surface area contributed by atoms with Gasteiger partial charge in [-0.2, -0.15) is 5.10 Å². The Morgan fingerprint density at radius 1 is 1.14 bits per heavy atom. The van der Waals surface area contributed by atoms with E-state index in [9.17, 15) is 14.3 Å². The van der Waals surface area contributed by atoms with Gasteiger partial charge in [-0.15, -0.1) is 0 Å². The zero-order chi connectivity index (χ0) is 24.8. The van der Waals surface area contributed by atoms with Gasteiger partial charge in [0.05, 0.1) is 17.1 Å². The van der Waals surface area contributed by atoms with E-state index in [-0.39, 0.29) is 17.7 Å². The summed E-state index contributed by atoms with van der Waals surface area (Å²) in [6.07, 6.45) is 4.23. The molecule has 1 aliphatic carbocycles. The number of para-hydroxylation sites is 1. The van der Waals surface area contributed by atoms with Gasteiger partial charge >= 0.3 is 5.97 Å². The Hall–Kier alpha value is -4.27. The van der Waals surface area contributed by atoms with Crippen LogP contribution in [0.4, 0.5) is 10.2 Å². The second-order valence-corrected chi connectivity index (χ2v) is 9.29. The monoisotopic (exact) mass is 484 g/mol. The summed E-state index contributed by atoms with van der Waals surface area (Å²) < 4.78 is 15.8. The Kier molecular flexibility index (Phi) is 5.40. The molecule has 3 N–H and O–H groups in total. The third-order valence-corrected chi connectivity index (χ3v) is 7.18. The fourth-order valence-electron chi connectivity index (χ4n) is 5.37. The number of hydrogen-bond donors (Lipinski definition) is 3. The lowest BCUT2D eigenvalue weighted by Crippen LogP contribution is -2.21. The molecule has 182 valence electrons. The standard InChI is InChI=1S/C27H25FN6O2/c1-29-25-24-23(33-26(34(24)31-14-30-25)15-8-10-16(11-9-15)27(35)36)21-13-18-5-3-7-20(22(18)32-21)17-4-2-6-19(28)12-17/h2-7,12-16,32H,8-11H2,1H3,(H,35,36)(H,29,30,31). The van der Waals surface area contributed by atoms with Crippen molar-refractivity contribution >= 4 is 28.2 Å². The molecule has 3 heterocycles. The van der Waals surface area contributed by atoms with Crippen molar-refractivity contribution in [1.29, 1.82) is 0 Å². The van der Waals surface area contributed by atoms with E-state index >= 15 is 0 Å². The molecule has 1 aliphatic rings. The van der Waals surface area contributed by atoms with Gasteiger partial charge in [0.15, 0.2) is 5.82 Å². The lowest BCUT2D eigenvalue weighted by Gasteiger charge is -2.24. The topological polar surface area (TPSA) is 108 Å². The van der Waals surface area contributed by atoms with Crippen molar-refractivity contribution in [3.8, 4) is 22.5 Å². The Labute approximate surface area is 206 Å². The van der Waals surface area contributed by atoms with Gasteiger partial charge in [0.25, 0.3) is 0 Å². The first-order valence-corrected chi connectivity index (χ1v) is 12.1. The molecule has 2 aromatic carbocycles. The van der Waals surface area contributed by atoms with Crippen LogP contribution >= 0.6 is 0 Å². The summed E-state index contributed by atoms with van der Waals surface area (Å²) >= 11 is 0. The summed E-state index contributed by atoms with van der Waals surface area (Å²) in [6.45, 7) is 0. The zero-order valence-electron chi connectivity index (χ0n) is 19.7. The second kappa shape index (κ2) is 8.75. The fourth-order valence-corrected chi connectivity index (χ4v) is 5.37. The number of H-pyrrole nitrogens is 1. The molecule has 0 spiro atoms. The quantitative estimate of drug-likeness (QED) is 0.305. The zero-order valence-corrected chi connectivity index (χ0v) is 19.7. The Balaban J connectivity index is 1.49. The third kappa shape index (κ3) is 3.67. The van der Waals surface area contributed by atoms with E-state index in [0.717, 1.165) is 57.6 Å². The lowest BCUT2D eigenvalue weighted by atomic mass is 9.82. The van der Waals surface area contributed by atoms with Crippen molar-refractivity contribution in [2.45, 2.75) is 31.6 Å². The SMILES string of the molecule is CNc1ncnn2c(C3CCC(C(=O)O)CC3)nc(-c3cc4cccc(-c5cccc(F)c5)c4[nH]3)c12. The van der Waals surface area contributed by atoms with Crippen LogP contribution in [0.15, 0.2) is 54.9 Å². The van der Waals surface area contributed by atoms with Crippen LogP contribution in [0.5, 0.6) is 0 Å². The highest BCUT2D eigenvalue weighted by Crippen LogP contribution is 2.39. The van der Waals surface area contributed by atoms with Crippen molar-refractivity contribution in [2.75, 3.05) is 12.4 Å². The highest BCUT2D eigenvalue weighted by atomic mass is 19.1. The Morgan fingerprint density at radius 3 is 2.69 bits per heavy atom. The smallest absolute Gasteiger partial charge is 0.306 e. The van der Waals surface area contributed by atoms with Gasteiger partial charge in [-0.3, -0.25) is 4.79 Å². The average Bonchev–Trinajstić information content (AvgIpc) is 3.50. The maximum atomic E-state index is 14.0. The first-order valence-electron chi connectivity index (χ1n) is 12.1. The highest BCUT2D eigenvalue weighted by Gasteiger charge is 2.31. The molecule has 8 nitrogen and oxygen atoms in total. The maximum absolute atomic E-state index is 14.0. The van der Waals surface area contributed by atoms with E-state index in [0.29, 0.717) is 18.7 Å². The molecule has 0 radical (unpaired) electrons. The van der Waals surface area contributed by atoms with Crippen molar-refractivity contribution in [1.82, 2.24) is 24.6 Å². The lowest BCUT2D eigenvalue weighted by molar-refractivity contribution is -0.142. The van der Waals surface area contributed by atoms with Crippen LogP contribution in [0.2, 0.25) is 0 Å². The van der Waals surface area contributed by atoms with E-state index in [1.165, 1.54) is 18.5 Å². The molecule has 6 rings (SSSR count). The number of rotatable bonds is 5. The number of aromatic nitrogens is 5. The van der Waals surface area contributed by atoms with Gasteiger partial charge in [0.2, 0.25) is 0 Å². The molecule has 36 heavy (non-hydrogen) atoms. The highest BCUT2D eigenvalue weighted by molar-refractivity contribution is 5.98. The predicted molar refractivity (Wildman–Crippen MR) is 135 cm³/mol. The van der Waals surface area contributed by atoms with Gasteiger partial charge in [-0.05, 0) is 49.4 Å².